The zero-order chi connectivity index (χ0) is 39.3. The first-order valence-electron chi connectivity index (χ1n) is 18.6. The van der Waals surface area contributed by atoms with Crippen molar-refractivity contribution >= 4 is 5.91 Å². The third-order valence-electron chi connectivity index (χ3n) is 10.6. The summed E-state index contributed by atoms with van der Waals surface area (Å²) in [6.45, 7) is 7.32. The Hall–Kier alpha value is -4.98. The van der Waals surface area contributed by atoms with E-state index >= 15 is 0 Å². The first kappa shape index (κ1) is 39.3. The van der Waals surface area contributed by atoms with Gasteiger partial charge in [0.2, 0.25) is 5.82 Å². The number of nitrogens with one attached hydrogen (secondary N) is 1. The van der Waals surface area contributed by atoms with Gasteiger partial charge in [0.05, 0.1) is 18.8 Å². The first-order chi connectivity index (χ1) is 27.1. The summed E-state index contributed by atoms with van der Waals surface area (Å²) in [6, 6.07) is 33.0. The van der Waals surface area contributed by atoms with Gasteiger partial charge in [-0.1, -0.05) is 104 Å². The maximum Gasteiger partial charge on any atom is 0.257 e. The lowest BCUT2D eigenvalue weighted by molar-refractivity contribution is -0.276. The van der Waals surface area contributed by atoms with Crippen molar-refractivity contribution in [3.05, 3.63) is 166 Å². The van der Waals surface area contributed by atoms with Crippen LogP contribution in [0.4, 0.5) is 22.0 Å². The Kier molecular flexibility index (Phi) is 12.2. The second-order valence-corrected chi connectivity index (χ2v) is 14.3. The third-order valence-corrected chi connectivity index (χ3v) is 10.6. The number of rotatable bonds is 11. The van der Waals surface area contributed by atoms with E-state index in [0.717, 1.165) is 67.1 Å². The number of nitrogens with zero attached hydrogens (tertiary/aromatic N) is 2. The number of ether oxygens (including phenoxy) is 2. The predicted molar refractivity (Wildman–Crippen MR) is 200 cm³/mol. The molecule has 7 rings (SSSR count). The van der Waals surface area contributed by atoms with Crippen LogP contribution >= 0.6 is 0 Å². The van der Waals surface area contributed by atoms with Crippen molar-refractivity contribution in [2.75, 3.05) is 32.7 Å². The molecule has 12 heteroatoms. The lowest BCUT2D eigenvalue weighted by Crippen LogP contribution is -2.51. The Morgan fingerprint density at radius 1 is 0.679 bits per heavy atom. The Bertz CT molecular complexity index is 2100. The molecule has 0 aromatic heterocycles. The fourth-order valence-corrected chi connectivity index (χ4v) is 7.32. The van der Waals surface area contributed by atoms with Crippen LogP contribution < -0.4 is 5.32 Å². The Balaban J connectivity index is 1.04. The molecule has 7 nitrogen and oxygen atoms in total. The van der Waals surface area contributed by atoms with Gasteiger partial charge in [-0.15, -0.1) is 0 Å². The largest absolute Gasteiger partial charge is 0.392 e. The molecule has 1 amide bonds. The number of carbonyl (C=O) groups excluding carboxylic acids is 1. The average Bonchev–Trinajstić information content (AvgIpc) is 3.23. The molecule has 0 spiro atoms. The van der Waals surface area contributed by atoms with E-state index in [1.165, 1.54) is 5.56 Å². The quantitative estimate of drug-likeness (QED) is 0.0805. The van der Waals surface area contributed by atoms with Gasteiger partial charge in [-0.2, -0.15) is 0 Å². The van der Waals surface area contributed by atoms with Gasteiger partial charge in [0.25, 0.3) is 5.91 Å². The van der Waals surface area contributed by atoms with Crippen molar-refractivity contribution in [2.45, 2.75) is 45.1 Å². The third kappa shape index (κ3) is 8.69. The standard InChI is InChI=1S/C44H42F5N3O4/c1-27-35(25-52-20-18-51(19-21-52)24-28-6-3-2-4-7-28)55-44(56-42(27)32-12-10-29(26-53)11-13-32)33-16-14-31(15-17-33)34-9-5-8-30(22-34)23-50-43(54)36-37(45)39(47)41(49)40(48)38(36)46/h2-17,22,27,35,42,44,53H,18-21,23-26H2,1H3,(H,50,54)/t27-,35+,42+,44+/m0/s1. The van der Waals surface area contributed by atoms with Crippen LogP contribution in [-0.2, 0) is 29.2 Å². The zero-order valence-corrected chi connectivity index (χ0v) is 30.7. The van der Waals surface area contributed by atoms with Gasteiger partial charge in [-0.3, -0.25) is 14.6 Å². The topological polar surface area (TPSA) is 74.3 Å². The van der Waals surface area contributed by atoms with E-state index in [1.807, 2.05) is 60.7 Å². The highest BCUT2D eigenvalue weighted by molar-refractivity contribution is 5.94. The van der Waals surface area contributed by atoms with Crippen LogP contribution in [0.5, 0.6) is 0 Å². The average molecular weight is 772 g/mol. The molecule has 292 valence electrons. The van der Waals surface area contributed by atoms with Crippen LogP contribution in [0.25, 0.3) is 11.1 Å². The fourth-order valence-electron chi connectivity index (χ4n) is 7.32. The van der Waals surface area contributed by atoms with Crippen molar-refractivity contribution in [1.82, 2.24) is 15.1 Å². The minimum Gasteiger partial charge on any atom is -0.392 e. The summed E-state index contributed by atoms with van der Waals surface area (Å²) in [6.07, 6.45) is -1.05. The maximum absolute atomic E-state index is 14.2. The number of amides is 1. The number of aliphatic hydroxyl groups excluding tert-OH is 1. The molecule has 2 aliphatic rings. The summed E-state index contributed by atoms with van der Waals surface area (Å²) in [4.78, 5) is 17.4. The van der Waals surface area contributed by atoms with Crippen LogP contribution in [0.15, 0.2) is 103 Å². The Labute approximate surface area is 322 Å². The Morgan fingerprint density at radius 3 is 1.95 bits per heavy atom. The van der Waals surface area contributed by atoms with Crippen molar-refractivity contribution < 1.29 is 41.3 Å². The van der Waals surface area contributed by atoms with E-state index in [2.05, 4.69) is 46.3 Å². The molecule has 0 saturated carbocycles. The molecule has 5 aromatic rings. The molecule has 56 heavy (non-hydrogen) atoms. The van der Waals surface area contributed by atoms with Crippen LogP contribution in [0, 0.1) is 35.0 Å². The van der Waals surface area contributed by atoms with E-state index in [9.17, 15) is 31.9 Å². The molecule has 4 atom stereocenters. The SMILES string of the molecule is C[C@H]1[C@@H](CN2CCN(Cc3ccccc3)CC2)O[C@@H](c2ccc(-c3cccc(CNC(=O)c4c(F)c(F)c(F)c(F)c4F)c3)cc2)O[C@H]1c1ccc(CO)cc1. The smallest absolute Gasteiger partial charge is 0.257 e. The second-order valence-electron chi connectivity index (χ2n) is 14.3. The molecule has 2 aliphatic heterocycles. The van der Waals surface area contributed by atoms with Crippen LogP contribution in [0.1, 0.15) is 57.5 Å². The lowest BCUT2D eigenvalue weighted by Gasteiger charge is -2.44. The van der Waals surface area contributed by atoms with Crippen molar-refractivity contribution in [3.8, 4) is 11.1 Å². The number of halogens is 5. The number of hydrogen-bond donors (Lipinski definition) is 2. The van der Waals surface area contributed by atoms with E-state index in [-0.39, 0.29) is 31.3 Å². The van der Waals surface area contributed by atoms with E-state index in [4.69, 9.17) is 9.47 Å². The summed E-state index contributed by atoms with van der Waals surface area (Å²) in [5.41, 5.74) is 4.54. The molecule has 2 heterocycles. The molecule has 2 fully saturated rings. The summed E-state index contributed by atoms with van der Waals surface area (Å²) in [5.74, 6) is -12.5. The molecular formula is C44H42F5N3O4. The van der Waals surface area contributed by atoms with Gasteiger partial charge in [0.15, 0.2) is 29.6 Å². The molecule has 0 radical (unpaired) electrons. The number of hydrogen-bond acceptors (Lipinski definition) is 6. The molecule has 0 bridgehead atoms. The van der Waals surface area contributed by atoms with Gasteiger partial charge in [-0.05, 0) is 39.4 Å². The van der Waals surface area contributed by atoms with Crippen molar-refractivity contribution in [3.63, 3.8) is 0 Å². The number of piperazine rings is 1. The number of benzene rings is 5. The first-order valence-corrected chi connectivity index (χ1v) is 18.6. The van der Waals surface area contributed by atoms with Crippen LogP contribution in [0.3, 0.4) is 0 Å². The van der Waals surface area contributed by atoms with Gasteiger partial charge in [0, 0.05) is 57.3 Å². The van der Waals surface area contributed by atoms with Crippen molar-refractivity contribution in [1.29, 1.82) is 0 Å². The molecule has 2 saturated heterocycles. The predicted octanol–water partition coefficient (Wildman–Crippen LogP) is 8.08. The van der Waals surface area contributed by atoms with E-state index < -0.39 is 46.8 Å². The highest BCUT2D eigenvalue weighted by Gasteiger charge is 2.39. The maximum atomic E-state index is 14.2. The molecule has 0 unspecified atom stereocenters. The Morgan fingerprint density at radius 2 is 1.29 bits per heavy atom. The highest BCUT2D eigenvalue weighted by atomic mass is 19.2. The summed E-state index contributed by atoms with van der Waals surface area (Å²) < 4.78 is 82.5. The molecule has 0 aliphatic carbocycles. The fraction of sp³-hybridized carbons (Fsp3) is 0.295. The number of carbonyl (C=O) groups is 1. The van der Waals surface area contributed by atoms with Crippen LogP contribution in [0.2, 0.25) is 0 Å². The summed E-state index contributed by atoms with van der Waals surface area (Å²) >= 11 is 0. The molecule has 5 aromatic carbocycles. The van der Waals surface area contributed by atoms with Crippen LogP contribution in [-0.4, -0.2) is 59.6 Å². The molecular weight excluding hydrogens is 729 g/mol. The zero-order valence-electron chi connectivity index (χ0n) is 30.7. The number of aliphatic hydroxyl groups is 1. The molecule has 2 N–H and O–H groups in total. The van der Waals surface area contributed by atoms with E-state index in [1.54, 1.807) is 18.2 Å². The normalized spacial score (nSPS) is 20.6. The monoisotopic (exact) mass is 771 g/mol. The minimum atomic E-state index is -2.33. The van der Waals surface area contributed by atoms with Gasteiger partial charge < -0.3 is 19.9 Å². The van der Waals surface area contributed by atoms with Gasteiger partial charge >= 0.3 is 0 Å². The lowest BCUT2D eigenvalue weighted by atomic mass is 9.89. The van der Waals surface area contributed by atoms with Crippen molar-refractivity contribution in [2.24, 2.45) is 5.92 Å². The highest BCUT2D eigenvalue weighted by Crippen LogP contribution is 2.42. The van der Waals surface area contributed by atoms with Gasteiger partial charge in [-0.25, -0.2) is 22.0 Å². The van der Waals surface area contributed by atoms with E-state index in [0.29, 0.717) is 5.56 Å². The summed E-state index contributed by atoms with van der Waals surface area (Å²) in [7, 11) is 0. The second kappa shape index (κ2) is 17.4. The minimum absolute atomic E-state index is 0.0326. The van der Waals surface area contributed by atoms with Gasteiger partial charge in [0.1, 0.15) is 5.56 Å². The summed E-state index contributed by atoms with van der Waals surface area (Å²) in [5, 5.41) is 11.9.